The third kappa shape index (κ3) is 13.2. The monoisotopic (exact) mass is 805 g/mol. The van der Waals surface area contributed by atoms with E-state index in [1.807, 2.05) is 83.1 Å². The van der Waals surface area contributed by atoms with E-state index in [1.165, 1.54) is 77.9 Å². The molecule has 0 aliphatic heterocycles. The smallest absolute Gasteiger partial charge is 0.00106 e. The van der Waals surface area contributed by atoms with E-state index in [-0.39, 0.29) is 0 Å². The maximum absolute atomic E-state index is 2.38. The first-order valence-corrected chi connectivity index (χ1v) is 23.9. The minimum atomic E-state index is 0.598. The van der Waals surface area contributed by atoms with Crippen LogP contribution in [-0.4, -0.2) is 0 Å². The van der Waals surface area contributed by atoms with Crippen molar-refractivity contribution < 1.29 is 0 Å². The second kappa shape index (κ2) is 28.7. The molecule has 6 aromatic rings. The lowest BCUT2D eigenvalue weighted by Gasteiger charge is -2.12. The Morgan fingerprint density at radius 1 is 0.300 bits per heavy atom. The summed E-state index contributed by atoms with van der Waals surface area (Å²) < 4.78 is 0. The number of hydrogen-bond donors (Lipinski definition) is 0. The van der Waals surface area contributed by atoms with Crippen LogP contribution in [0.4, 0.5) is 0 Å². The fraction of sp³-hybridized carbons (Fsp3) is 0.400. The summed E-state index contributed by atoms with van der Waals surface area (Å²) in [7, 11) is 0. The molecule has 0 atom stereocenters. The van der Waals surface area contributed by atoms with Crippen molar-refractivity contribution in [2.75, 3.05) is 0 Å². The van der Waals surface area contributed by atoms with Gasteiger partial charge in [-0.2, -0.15) is 0 Å². The lowest BCUT2D eigenvalue weighted by molar-refractivity contribution is 0.852. The highest BCUT2D eigenvalue weighted by Gasteiger charge is 2.23. The van der Waals surface area contributed by atoms with Crippen LogP contribution in [-0.2, 0) is 19.3 Å². The molecule has 0 nitrogen and oxygen atoms in total. The molecule has 9 rings (SSSR count). The van der Waals surface area contributed by atoms with Crippen molar-refractivity contribution in [1.82, 2.24) is 0 Å². The van der Waals surface area contributed by atoms with Gasteiger partial charge >= 0.3 is 0 Å². The summed E-state index contributed by atoms with van der Waals surface area (Å²) in [5.41, 5.74) is 22.1. The molecule has 0 heteroatoms. The van der Waals surface area contributed by atoms with E-state index in [1.54, 1.807) is 5.56 Å². The molecule has 0 saturated heterocycles. The average molecular weight is 805 g/mol. The van der Waals surface area contributed by atoms with E-state index in [4.69, 9.17) is 0 Å². The largest absolute Gasteiger partial charge is 0.0683 e. The molecule has 0 saturated carbocycles. The van der Waals surface area contributed by atoms with Gasteiger partial charge in [0, 0.05) is 0 Å². The summed E-state index contributed by atoms with van der Waals surface area (Å²) in [4.78, 5) is 0. The molecular formula is C60H84. The minimum Gasteiger partial charge on any atom is -0.0683 e. The standard InChI is InChI=1S/3C16H16.6C2H6/c1-11(2)14-9-5-7-13-10-12-6-3-4-8-15(12)16(13)14;1-11(2)13-8-5-9-15-14-7-4-3-6-12(14)10-16(13)15;1-11(2)12-7-8-16-14(9-12)10-13-5-3-4-6-15(13)16;6*1-2/h3*3-9,11H,10H2,1-2H3;6*1-2H3. The Kier molecular flexibility index (Phi) is 25.5. The number of rotatable bonds is 3. The van der Waals surface area contributed by atoms with Crippen LogP contribution >= 0.6 is 0 Å². The van der Waals surface area contributed by atoms with Crippen LogP contribution < -0.4 is 0 Å². The molecule has 0 unspecified atom stereocenters. The summed E-state index contributed by atoms with van der Waals surface area (Å²) in [6, 6.07) is 46.7. The van der Waals surface area contributed by atoms with Crippen LogP contribution in [0.5, 0.6) is 0 Å². The highest BCUT2D eigenvalue weighted by atomic mass is 14.3. The quantitative estimate of drug-likeness (QED) is 0.167. The molecule has 0 fully saturated rings. The molecular weight excluding hydrogens is 721 g/mol. The van der Waals surface area contributed by atoms with E-state index in [0.29, 0.717) is 17.8 Å². The van der Waals surface area contributed by atoms with E-state index >= 15 is 0 Å². The van der Waals surface area contributed by atoms with Gasteiger partial charge in [-0.05, 0) is 120 Å². The Hall–Kier alpha value is -4.68. The van der Waals surface area contributed by atoms with Gasteiger partial charge in [0.25, 0.3) is 0 Å². The zero-order chi connectivity index (χ0) is 45.4. The Balaban J connectivity index is 0.000000399. The second-order valence-electron chi connectivity index (χ2n) is 14.6. The fourth-order valence-electron chi connectivity index (χ4n) is 7.95. The van der Waals surface area contributed by atoms with E-state index in [0.717, 1.165) is 19.3 Å². The molecule has 0 aromatic heterocycles. The van der Waals surface area contributed by atoms with Crippen molar-refractivity contribution in [3.8, 4) is 33.4 Å². The lowest BCUT2D eigenvalue weighted by Crippen LogP contribution is -1.94. The average Bonchev–Trinajstić information content (AvgIpc) is 4.02. The molecule has 0 spiro atoms. The van der Waals surface area contributed by atoms with Crippen molar-refractivity contribution in [1.29, 1.82) is 0 Å². The van der Waals surface area contributed by atoms with Crippen LogP contribution in [0, 0.1) is 0 Å². The zero-order valence-corrected chi connectivity index (χ0v) is 41.5. The second-order valence-corrected chi connectivity index (χ2v) is 14.6. The summed E-state index contributed by atoms with van der Waals surface area (Å²) in [5, 5.41) is 0. The number of fused-ring (bicyclic) bond motifs is 9. The van der Waals surface area contributed by atoms with Crippen LogP contribution in [0.15, 0.2) is 127 Å². The van der Waals surface area contributed by atoms with E-state index in [2.05, 4.69) is 169 Å². The Bertz CT molecular complexity index is 2090. The Morgan fingerprint density at radius 3 is 1.22 bits per heavy atom. The SMILES string of the molecule is CC.CC.CC.CC.CC.CC.CC(C)c1ccc2c(c1)Cc1ccccc1-2.CC(C)c1cccc2c1-c1ccccc1C2.CC(C)c1cccc2c1Cc1ccccc1-2. The van der Waals surface area contributed by atoms with Crippen molar-refractivity contribution in [3.63, 3.8) is 0 Å². The lowest BCUT2D eigenvalue weighted by atomic mass is 9.92. The van der Waals surface area contributed by atoms with Gasteiger partial charge in [0.1, 0.15) is 0 Å². The summed E-state index contributed by atoms with van der Waals surface area (Å²) in [6.07, 6.45) is 3.32. The molecule has 3 aliphatic rings. The molecule has 0 N–H and O–H groups in total. The van der Waals surface area contributed by atoms with Gasteiger partial charge in [-0.3, -0.25) is 0 Å². The summed E-state index contributed by atoms with van der Waals surface area (Å²) in [6.45, 7) is 37.6. The Labute approximate surface area is 371 Å². The first kappa shape index (κ1) is 53.3. The maximum atomic E-state index is 2.38. The van der Waals surface area contributed by atoms with Gasteiger partial charge < -0.3 is 0 Å². The third-order valence-corrected chi connectivity index (χ3v) is 10.5. The van der Waals surface area contributed by atoms with E-state index < -0.39 is 0 Å². The highest BCUT2D eigenvalue weighted by Crippen LogP contribution is 2.42. The van der Waals surface area contributed by atoms with Crippen LogP contribution in [0.25, 0.3) is 33.4 Å². The minimum absolute atomic E-state index is 0.598. The van der Waals surface area contributed by atoms with Crippen molar-refractivity contribution >= 4 is 0 Å². The Morgan fingerprint density at radius 2 is 0.683 bits per heavy atom. The third-order valence-electron chi connectivity index (χ3n) is 10.5. The molecule has 3 aliphatic carbocycles. The first-order chi connectivity index (χ1) is 29.3. The van der Waals surface area contributed by atoms with Crippen LogP contribution in [0.1, 0.15) is 192 Å². The predicted octanol–water partition coefficient (Wildman–Crippen LogP) is 19.3. The molecule has 0 bridgehead atoms. The topological polar surface area (TPSA) is 0 Å². The van der Waals surface area contributed by atoms with Crippen molar-refractivity contribution in [2.24, 2.45) is 0 Å². The van der Waals surface area contributed by atoms with Gasteiger partial charge in [-0.1, -0.05) is 252 Å². The first-order valence-electron chi connectivity index (χ1n) is 23.9. The molecule has 0 heterocycles. The van der Waals surface area contributed by atoms with Gasteiger partial charge in [0.2, 0.25) is 0 Å². The molecule has 324 valence electrons. The highest BCUT2D eigenvalue weighted by molar-refractivity contribution is 5.80. The molecule has 0 radical (unpaired) electrons. The summed E-state index contributed by atoms with van der Waals surface area (Å²) in [5.74, 6) is 1.83. The van der Waals surface area contributed by atoms with Crippen molar-refractivity contribution in [3.05, 3.63) is 177 Å². The van der Waals surface area contributed by atoms with E-state index in [9.17, 15) is 0 Å². The molecule has 6 aromatic carbocycles. The normalized spacial score (nSPS) is 10.8. The van der Waals surface area contributed by atoms with Gasteiger partial charge in [-0.25, -0.2) is 0 Å². The van der Waals surface area contributed by atoms with Gasteiger partial charge in [0.15, 0.2) is 0 Å². The zero-order valence-electron chi connectivity index (χ0n) is 41.5. The fourth-order valence-corrected chi connectivity index (χ4v) is 7.95. The molecule has 60 heavy (non-hydrogen) atoms. The maximum Gasteiger partial charge on any atom is -0.00106 e. The van der Waals surface area contributed by atoms with Crippen LogP contribution in [0.2, 0.25) is 0 Å². The molecule has 0 amide bonds. The summed E-state index contributed by atoms with van der Waals surface area (Å²) >= 11 is 0. The van der Waals surface area contributed by atoms with Gasteiger partial charge in [-0.15, -0.1) is 0 Å². The van der Waals surface area contributed by atoms with Crippen LogP contribution in [0.3, 0.4) is 0 Å². The number of hydrogen-bond acceptors (Lipinski definition) is 0. The number of benzene rings is 6. The van der Waals surface area contributed by atoms with Gasteiger partial charge in [0.05, 0.1) is 0 Å². The van der Waals surface area contributed by atoms with Crippen molar-refractivity contribution in [2.45, 2.75) is 162 Å². The predicted molar refractivity (Wildman–Crippen MR) is 274 cm³/mol.